The molecular weight excluding hydrogens is 314 g/mol. The molecule has 5 nitrogen and oxygen atoms in total. The highest BCUT2D eigenvalue weighted by Gasteiger charge is 2.33. The molecule has 2 heterocycles. The fourth-order valence-electron chi connectivity index (χ4n) is 2.84. The molecule has 2 N–H and O–H groups in total. The number of rotatable bonds is 3. The van der Waals surface area contributed by atoms with Gasteiger partial charge in [0.2, 0.25) is 5.91 Å². The summed E-state index contributed by atoms with van der Waals surface area (Å²) < 4.78 is 0. The minimum Gasteiger partial charge on any atom is -0.368 e. The Balaban J connectivity index is 1.96. The number of amides is 2. The largest absolute Gasteiger partial charge is 0.368 e. The lowest BCUT2D eigenvalue weighted by Gasteiger charge is -2.23. The summed E-state index contributed by atoms with van der Waals surface area (Å²) in [6, 6.07) is 10.2. The molecule has 0 aliphatic carbocycles. The van der Waals surface area contributed by atoms with Crippen LogP contribution in [0.5, 0.6) is 0 Å². The first-order chi connectivity index (χ1) is 11.1. The van der Waals surface area contributed by atoms with Crippen molar-refractivity contribution in [3.8, 4) is 11.3 Å². The number of benzene rings is 1. The van der Waals surface area contributed by atoms with Crippen molar-refractivity contribution in [1.29, 1.82) is 0 Å². The van der Waals surface area contributed by atoms with E-state index in [0.717, 1.165) is 17.7 Å². The molecule has 1 aliphatic heterocycles. The highest BCUT2D eigenvalue weighted by Crippen LogP contribution is 2.27. The van der Waals surface area contributed by atoms with E-state index in [-0.39, 0.29) is 5.91 Å². The zero-order valence-electron chi connectivity index (χ0n) is 12.4. The van der Waals surface area contributed by atoms with Crippen LogP contribution in [0.15, 0.2) is 42.6 Å². The van der Waals surface area contributed by atoms with Crippen molar-refractivity contribution in [2.75, 3.05) is 6.54 Å². The summed E-state index contributed by atoms with van der Waals surface area (Å²) in [5.74, 6) is -0.748. The maximum absolute atomic E-state index is 12.8. The van der Waals surface area contributed by atoms with Gasteiger partial charge in [-0.1, -0.05) is 23.7 Å². The number of carbonyl (C=O) groups excluding carboxylic acids is 2. The Bertz CT molecular complexity index is 749. The van der Waals surface area contributed by atoms with E-state index < -0.39 is 11.9 Å². The van der Waals surface area contributed by atoms with Crippen LogP contribution in [0, 0.1) is 0 Å². The van der Waals surface area contributed by atoms with Gasteiger partial charge in [0.25, 0.3) is 5.91 Å². The monoisotopic (exact) mass is 329 g/mol. The van der Waals surface area contributed by atoms with E-state index >= 15 is 0 Å². The first-order valence-electron chi connectivity index (χ1n) is 7.39. The second-order valence-corrected chi connectivity index (χ2v) is 5.88. The van der Waals surface area contributed by atoms with Crippen molar-refractivity contribution in [3.05, 3.63) is 53.2 Å². The average Bonchev–Trinajstić information content (AvgIpc) is 3.05. The average molecular weight is 330 g/mol. The van der Waals surface area contributed by atoms with E-state index in [4.69, 9.17) is 17.3 Å². The number of primary amides is 1. The molecule has 1 aliphatic rings. The van der Waals surface area contributed by atoms with Crippen molar-refractivity contribution in [2.45, 2.75) is 18.9 Å². The minimum absolute atomic E-state index is 0.269. The molecular formula is C17H16ClN3O2. The number of hydrogen-bond acceptors (Lipinski definition) is 3. The maximum Gasteiger partial charge on any atom is 0.256 e. The molecule has 0 spiro atoms. The molecule has 2 amide bonds. The third kappa shape index (κ3) is 3.05. The highest BCUT2D eigenvalue weighted by atomic mass is 35.5. The van der Waals surface area contributed by atoms with Gasteiger partial charge in [-0.3, -0.25) is 14.6 Å². The van der Waals surface area contributed by atoms with Crippen LogP contribution < -0.4 is 5.73 Å². The number of likely N-dealkylation sites (tertiary alicyclic amines) is 1. The summed E-state index contributed by atoms with van der Waals surface area (Å²) in [5.41, 5.74) is 7.31. The van der Waals surface area contributed by atoms with E-state index in [2.05, 4.69) is 4.98 Å². The molecule has 0 saturated carbocycles. The fourth-order valence-corrected chi connectivity index (χ4v) is 3.04. The standard InChI is InChI=1S/C17H16ClN3O2/c18-13-7-6-11(14-4-1-2-8-20-14)10-12(13)17(23)21-9-3-5-15(21)16(19)22/h1-2,4,6-8,10,15H,3,5,9H2,(H2,19,22). The van der Waals surface area contributed by atoms with E-state index in [0.29, 0.717) is 23.6 Å². The summed E-state index contributed by atoms with van der Waals surface area (Å²) in [7, 11) is 0. The van der Waals surface area contributed by atoms with E-state index in [9.17, 15) is 9.59 Å². The van der Waals surface area contributed by atoms with Gasteiger partial charge < -0.3 is 10.6 Å². The van der Waals surface area contributed by atoms with Gasteiger partial charge in [-0.05, 0) is 37.1 Å². The van der Waals surface area contributed by atoms with Gasteiger partial charge in [0.1, 0.15) is 6.04 Å². The van der Waals surface area contributed by atoms with Crippen molar-refractivity contribution in [1.82, 2.24) is 9.88 Å². The Hall–Kier alpha value is -2.40. The smallest absolute Gasteiger partial charge is 0.256 e. The summed E-state index contributed by atoms with van der Waals surface area (Å²) in [5, 5.41) is 0.352. The van der Waals surface area contributed by atoms with Gasteiger partial charge in [0, 0.05) is 18.3 Å². The summed E-state index contributed by atoms with van der Waals surface area (Å²) in [6.45, 7) is 0.510. The second-order valence-electron chi connectivity index (χ2n) is 5.47. The Morgan fingerprint density at radius 1 is 1.26 bits per heavy atom. The molecule has 23 heavy (non-hydrogen) atoms. The summed E-state index contributed by atoms with van der Waals surface area (Å²) in [6.07, 6.45) is 3.05. The van der Waals surface area contributed by atoms with Crippen LogP contribution in [0.2, 0.25) is 5.02 Å². The second kappa shape index (κ2) is 6.38. The fraction of sp³-hybridized carbons (Fsp3) is 0.235. The number of aromatic nitrogens is 1. The molecule has 0 radical (unpaired) electrons. The molecule has 0 bridgehead atoms. The number of hydrogen-bond donors (Lipinski definition) is 1. The van der Waals surface area contributed by atoms with Crippen molar-refractivity contribution in [3.63, 3.8) is 0 Å². The highest BCUT2D eigenvalue weighted by molar-refractivity contribution is 6.34. The molecule has 1 fully saturated rings. The molecule has 2 aromatic rings. The lowest BCUT2D eigenvalue weighted by molar-refractivity contribution is -0.121. The van der Waals surface area contributed by atoms with Crippen LogP contribution in [0.3, 0.4) is 0 Å². The van der Waals surface area contributed by atoms with Gasteiger partial charge in [-0.15, -0.1) is 0 Å². The van der Waals surface area contributed by atoms with Crippen LogP contribution in [-0.4, -0.2) is 34.3 Å². The Kier molecular flexibility index (Phi) is 4.30. The van der Waals surface area contributed by atoms with Crippen molar-refractivity contribution >= 4 is 23.4 Å². The van der Waals surface area contributed by atoms with Crippen LogP contribution in [0.1, 0.15) is 23.2 Å². The molecule has 3 rings (SSSR count). The van der Waals surface area contributed by atoms with Gasteiger partial charge >= 0.3 is 0 Å². The van der Waals surface area contributed by atoms with Crippen LogP contribution >= 0.6 is 11.6 Å². The molecule has 1 aromatic carbocycles. The minimum atomic E-state index is -0.558. The molecule has 1 atom stereocenters. The van der Waals surface area contributed by atoms with Crippen LogP contribution in [-0.2, 0) is 4.79 Å². The summed E-state index contributed by atoms with van der Waals surface area (Å²) in [4.78, 5) is 30.1. The van der Waals surface area contributed by atoms with Gasteiger partial charge in [0.15, 0.2) is 0 Å². The number of nitrogens with two attached hydrogens (primary N) is 1. The molecule has 1 aromatic heterocycles. The predicted molar refractivity (Wildman–Crippen MR) is 87.9 cm³/mol. The maximum atomic E-state index is 12.8. The first kappa shape index (κ1) is 15.5. The topological polar surface area (TPSA) is 76.3 Å². The van der Waals surface area contributed by atoms with Crippen LogP contribution in [0.4, 0.5) is 0 Å². The quantitative estimate of drug-likeness (QED) is 0.939. The van der Waals surface area contributed by atoms with Gasteiger partial charge in [-0.2, -0.15) is 0 Å². The Morgan fingerprint density at radius 3 is 2.78 bits per heavy atom. The normalized spacial score (nSPS) is 17.3. The number of halogens is 1. The van der Waals surface area contributed by atoms with Crippen LogP contribution in [0.25, 0.3) is 11.3 Å². The van der Waals surface area contributed by atoms with E-state index in [1.807, 2.05) is 24.3 Å². The predicted octanol–water partition coefficient (Wildman–Crippen LogP) is 2.49. The Morgan fingerprint density at radius 2 is 2.09 bits per heavy atom. The Labute approximate surface area is 139 Å². The zero-order valence-corrected chi connectivity index (χ0v) is 13.2. The number of pyridine rings is 1. The van der Waals surface area contributed by atoms with E-state index in [1.165, 1.54) is 4.90 Å². The van der Waals surface area contributed by atoms with E-state index in [1.54, 1.807) is 18.3 Å². The van der Waals surface area contributed by atoms with Crippen molar-refractivity contribution in [2.24, 2.45) is 5.73 Å². The zero-order chi connectivity index (χ0) is 16.4. The molecule has 118 valence electrons. The number of carbonyl (C=O) groups is 2. The third-order valence-corrected chi connectivity index (χ3v) is 4.33. The SMILES string of the molecule is NC(=O)C1CCCN1C(=O)c1cc(-c2ccccn2)ccc1Cl. The first-order valence-corrected chi connectivity index (χ1v) is 7.77. The molecule has 1 unspecified atom stereocenters. The van der Waals surface area contributed by atoms with Gasteiger partial charge in [-0.25, -0.2) is 0 Å². The molecule has 6 heteroatoms. The lowest BCUT2D eigenvalue weighted by Crippen LogP contribution is -2.43. The van der Waals surface area contributed by atoms with Gasteiger partial charge in [0.05, 0.1) is 16.3 Å². The number of nitrogens with zero attached hydrogens (tertiary/aromatic N) is 2. The molecule has 1 saturated heterocycles. The lowest BCUT2D eigenvalue weighted by atomic mass is 10.1. The summed E-state index contributed by atoms with van der Waals surface area (Å²) >= 11 is 6.20. The third-order valence-electron chi connectivity index (χ3n) is 4.00. The van der Waals surface area contributed by atoms with Crippen molar-refractivity contribution < 1.29 is 9.59 Å².